The summed E-state index contributed by atoms with van der Waals surface area (Å²) in [5.74, 6) is 1.83. The highest BCUT2D eigenvalue weighted by Crippen LogP contribution is 2.36. The third-order valence-corrected chi connectivity index (χ3v) is 10.5. The minimum Gasteiger partial charge on any atom is -0.456 e. The lowest BCUT2D eigenvalue weighted by atomic mass is 9.96. The molecule has 11 rings (SSSR count). The second kappa shape index (κ2) is 11.7. The zero-order valence-electron chi connectivity index (χ0n) is 28.5. The number of hydrogen-bond donors (Lipinski definition) is 0. The molecule has 0 saturated heterocycles. The van der Waals surface area contributed by atoms with Gasteiger partial charge in [-0.3, -0.25) is 0 Å². The minimum atomic E-state index is 0.593. The fourth-order valence-electron chi connectivity index (χ4n) is 7.87. The topological polar surface area (TPSA) is 51.8 Å². The van der Waals surface area contributed by atoms with Crippen molar-refractivity contribution < 1.29 is 4.42 Å². The predicted octanol–water partition coefficient (Wildman–Crippen LogP) is 13.1. The monoisotopic (exact) mass is 675 g/mol. The highest BCUT2D eigenvalue weighted by atomic mass is 16.3. The Balaban J connectivity index is 1.06. The average molecular weight is 676 g/mol. The third-order valence-electron chi connectivity index (χ3n) is 10.5. The quantitative estimate of drug-likeness (QED) is 0.174. The third kappa shape index (κ3) is 4.88. The van der Waals surface area contributed by atoms with E-state index in [9.17, 15) is 0 Å². The summed E-state index contributed by atoms with van der Waals surface area (Å²) in [5.41, 5.74) is 6.72. The molecule has 0 amide bonds. The van der Waals surface area contributed by atoms with Gasteiger partial charge in [-0.1, -0.05) is 152 Å². The second-order valence-corrected chi connectivity index (χ2v) is 13.6. The number of furan rings is 1. The van der Waals surface area contributed by atoms with Crippen molar-refractivity contribution in [3.63, 3.8) is 0 Å². The van der Waals surface area contributed by atoms with Crippen molar-refractivity contribution in [1.29, 1.82) is 0 Å². The van der Waals surface area contributed by atoms with Gasteiger partial charge in [-0.25, -0.2) is 15.0 Å². The van der Waals surface area contributed by atoms with Gasteiger partial charge in [0.1, 0.15) is 11.2 Å². The Morgan fingerprint density at radius 1 is 0.283 bits per heavy atom. The molecule has 0 aliphatic rings. The number of hydrogen-bond acceptors (Lipinski definition) is 4. The summed E-state index contributed by atoms with van der Waals surface area (Å²) in [4.78, 5) is 15.3. The van der Waals surface area contributed by atoms with E-state index < -0.39 is 0 Å². The van der Waals surface area contributed by atoms with Crippen LogP contribution in [0.25, 0.3) is 110 Å². The molecule has 9 aromatic carbocycles. The van der Waals surface area contributed by atoms with Crippen LogP contribution < -0.4 is 0 Å². The number of fused-ring (bicyclic) bond motifs is 9. The van der Waals surface area contributed by atoms with E-state index in [-0.39, 0.29) is 0 Å². The molecule has 11 aromatic rings. The van der Waals surface area contributed by atoms with Gasteiger partial charge in [0.05, 0.1) is 0 Å². The van der Waals surface area contributed by atoms with E-state index in [0.717, 1.165) is 49.6 Å². The Morgan fingerprint density at radius 2 is 0.774 bits per heavy atom. The molecule has 0 N–H and O–H groups in total. The Kier molecular flexibility index (Phi) is 6.52. The van der Waals surface area contributed by atoms with Crippen molar-refractivity contribution in [3.8, 4) is 45.3 Å². The maximum absolute atomic E-state index is 6.27. The summed E-state index contributed by atoms with van der Waals surface area (Å²) in [5, 5.41) is 11.9. The van der Waals surface area contributed by atoms with Crippen LogP contribution in [0.15, 0.2) is 180 Å². The summed E-state index contributed by atoms with van der Waals surface area (Å²) < 4.78 is 6.27. The standard InChI is InChI=1S/C49H29N3O/c1-3-11-37-30(8-1)10-7-14-38(37)32-16-18-33(19-17-32)47-50-48(52-49(51-47)36-23-27-44-43-13-5-6-15-45(43)53-46(44)29-36)35-22-24-40-34(28-35)21-26-41-39-12-4-2-9-31(39)20-25-42(40)41/h1-29H. The lowest BCUT2D eigenvalue weighted by molar-refractivity contribution is 0.669. The van der Waals surface area contributed by atoms with Crippen molar-refractivity contribution in [3.05, 3.63) is 176 Å². The molecular formula is C49H29N3O. The van der Waals surface area contributed by atoms with Crippen molar-refractivity contribution >= 4 is 65.0 Å². The van der Waals surface area contributed by atoms with E-state index in [1.807, 2.05) is 24.3 Å². The zero-order chi connectivity index (χ0) is 34.9. The molecule has 0 fully saturated rings. The highest BCUT2D eigenvalue weighted by molar-refractivity contribution is 6.17. The highest BCUT2D eigenvalue weighted by Gasteiger charge is 2.16. The van der Waals surface area contributed by atoms with E-state index in [4.69, 9.17) is 19.4 Å². The number of benzene rings is 9. The maximum atomic E-state index is 6.27. The molecular weight excluding hydrogens is 647 g/mol. The molecule has 0 aliphatic heterocycles. The number of aromatic nitrogens is 3. The molecule has 0 spiro atoms. The lowest BCUT2D eigenvalue weighted by Crippen LogP contribution is -2.00. The number of para-hydroxylation sites is 1. The first kappa shape index (κ1) is 29.5. The van der Waals surface area contributed by atoms with Crippen molar-refractivity contribution in [2.75, 3.05) is 0 Å². The molecule has 4 nitrogen and oxygen atoms in total. The van der Waals surface area contributed by atoms with Gasteiger partial charge < -0.3 is 4.42 Å². The van der Waals surface area contributed by atoms with Crippen LogP contribution in [0.1, 0.15) is 0 Å². The molecule has 2 aromatic heterocycles. The second-order valence-electron chi connectivity index (χ2n) is 13.6. The molecule has 0 aliphatic carbocycles. The van der Waals surface area contributed by atoms with Gasteiger partial charge >= 0.3 is 0 Å². The molecule has 0 bridgehead atoms. The molecule has 0 radical (unpaired) electrons. The van der Waals surface area contributed by atoms with Crippen LogP contribution in [0.5, 0.6) is 0 Å². The first-order chi connectivity index (χ1) is 26.2. The molecule has 0 saturated carbocycles. The number of rotatable bonds is 4. The van der Waals surface area contributed by atoms with Crippen molar-refractivity contribution in [2.24, 2.45) is 0 Å². The zero-order valence-corrected chi connectivity index (χ0v) is 28.5. The SMILES string of the molecule is c1ccc2c(-c3ccc(-c4nc(-c5ccc6c(ccc7c8ccccc8ccc67)c5)nc(-c5ccc6c(c5)oc5ccccc56)n4)cc3)cccc2c1. The lowest BCUT2D eigenvalue weighted by Gasteiger charge is -2.11. The normalized spacial score (nSPS) is 11.8. The molecule has 0 unspecified atom stereocenters. The van der Waals surface area contributed by atoms with Crippen LogP contribution in [0, 0.1) is 0 Å². The summed E-state index contributed by atoms with van der Waals surface area (Å²) in [6.45, 7) is 0. The fourth-order valence-corrected chi connectivity index (χ4v) is 7.87. The van der Waals surface area contributed by atoms with Gasteiger partial charge in [0.15, 0.2) is 17.5 Å². The van der Waals surface area contributed by atoms with Crippen molar-refractivity contribution in [2.45, 2.75) is 0 Å². The largest absolute Gasteiger partial charge is 0.456 e. The Labute approximate surface area is 304 Å². The summed E-state index contributed by atoms with van der Waals surface area (Å²) in [6, 6.07) is 61.8. The predicted molar refractivity (Wildman–Crippen MR) is 219 cm³/mol. The van der Waals surface area contributed by atoms with Gasteiger partial charge in [0, 0.05) is 27.5 Å². The summed E-state index contributed by atoms with van der Waals surface area (Å²) in [6.07, 6.45) is 0. The molecule has 246 valence electrons. The van der Waals surface area contributed by atoms with Crippen LogP contribution in [0.4, 0.5) is 0 Å². The van der Waals surface area contributed by atoms with Crippen LogP contribution >= 0.6 is 0 Å². The smallest absolute Gasteiger partial charge is 0.164 e. The maximum Gasteiger partial charge on any atom is 0.164 e. The Bertz CT molecular complexity index is 3230. The van der Waals surface area contributed by atoms with E-state index >= 15 is 0 Å². The molecule has 4 heteroatoms. The van der Waals surface area contributed by atoms with Gasteiger partial charge in [-0.05, 0) is 78.5 Å². The van der Waals surface area contributed by atoms with Crippen LogP contribution in [0.3, 0.4) is 0 Å². The molecule has 0 atom stereocenters. The van der Waals surface area contributed by atoms with E-state index in [1.165, 1.54) is 43.3 Å². The van der Waals surface area contributed by atoms with Crippen LogP contribution in [-0.2, 0) is 0 Å². The molecule has 2 heterocycles. The minimum absolute atomic E-state index is 0.593. The van der Waals surface area contributed by atoms with Gasteiger partial charge in [-0.2, -0.15) is 0 Å². The van der Waals surface area contributed by atoms with E-state index in [1.54, 1.807) is 0 Å². The first-order valence-corrected chi connectivity index (χ1v) is 17.8. The van der Waals surface area contributed by atoms with E-state index in [0.29, 0.717) is 17.5 Å². The first-order valence-electron chi connectivity index (χ1n) is 17.8. The van der Waals surface area contributed by atoms with E-state index in [2.05, 4.69) is 152 Å². The number of nitrogens with zero attached hydrogens (tertiary/aromatic N) is 3. The van der Waals surface area contributed by atoms with Crippen LogP contribution in [-0.4, -0.2) is 15.0 Å². The Hall–Kier alpha value is -7.17. The van der Waals surface area contributed by atoms with Gasteiger partial charge in [-0.15, -0.1) is 0 Å². The van der Waals surface area contributed by atoms with Crippen molar-refractivity contribution in [1.82, 2.24) is 15.0 Å². The van der Waals surface area contributed by atoms with Gasteiger partial charge in [0.2, 0.25) is 0 Å². The average Bonchev–Trinajstić information content (AvgIpc) is 3.61. The van der Waals surface area contributed by atoms with Crippen LogP contribution in [0.2, 0.25) is 0 Å². The summed E-state index contributed by atoms with van der Waals surface area (Å²) >= 11 is 0. The fraction of sp³-hybridized carbons (Fsp3) is 0. The summed E-state index contributed by atoms with van der Waals surface area (Å²) in [7, 11) is 0. The Morgan fingerprint density at radius 3 is 1.55 bits per heavy atom. The van der Waals surface area contributed by atoms with Gasteiger partial charge in [0.25, 0.3) is 0 Å². The molecule has 53 heavy (non-hydrogen) atoms.